The Morgan fingerprint density at radius 1 is 1.00 bits per heavy atom. The van der Waals surface area contributed by atoms with Gasteiger partial charge in [0.15, 0.2) is 0 Å². The molecule has 0 bridgehead atoms. The third-order valence-corrected chi connectivity index (χ3v) is 5.24. The van der Waals surface area contributed by atoms with E-state index in [4.69, 9.17) is 4.74 Å². The second-order valence-electron chi connectivity index (χ2n) is 7.47. The molecular weight excluding hydrogens is 338 g/mol. The Hall–Kier alpha value is -2.17. The van der Waals surface area contributed by atoms with E-state index >= 15 is 0 Å². The maximum atomic E-state index is 11.3. The van der Waals surface area contributed by atoms with Crippen LogP contribution in [0.15, 0.2) is 60.7 Å². The average Bonchev–Trinajstić information content (AvgIpc) is 2.66. The van der Waals surface area contributed by atoms with Gasteiger partial charge in [0.2, 0.25) is 0 Å². The first kappa shape index (κ1) is 19.6. The molecule has 0 amide bonds. The number of carbonyl (C=O) groups excluding carboxylic acids is 1. The normalized spacial score (nSPS) is 22.6. The maximum Gasteiger partial charge on any atom is 0.302 e. The van der Waals surface area contributed by atoms with Crippen LogP contribution in [0.5, 0.6) is 0 Å². The SMILES string of the molecule is CC(=O)O[C@H]1CCC[C@@H](CN(Cc2ccccc2)Cc2ccccc2)[C@H]1O. The van der Waals surface area contributed by atoms with E-state index in [0.717, 1.165) is 38.9 Å². The van der Waals surface area contributed by atoms with Gasteiger partial charge in [-0.25, -0.2) is 0 Å². The van der Waals surface area contributed by atoms with Crippen molar-refractivity contribution in [2.45, 2.75) is 51.5 Å². The van der Waals surface area contributed by atoms with Gasteiger partial charge in [0.1, 0.15) is 6.10 Å². The summed E-state index contributed by atoms with van der Waals surface area (Å²) in [5, 5.41) is 10.8. The highest BCUT2D eigenvalue weighted by Crippen LogP contribution is 2.29. The highest BCUT2D eigenvalue weighted by atomic mass is 16.6. The van der Waals surface area contributed by atoms with Crippen molar-refractivity contribution in [3.8, 4) is 0 Å². The standard InChI is InChI=1S/C23H29NO3/c1-18(25)27-22-14-8-13-21(23(22)26)17-24(15-19-9-4-2-5-10-19)16-20-11-6-3-7-12-20/h2-7,9-12,21-23,26H,8,13-17H2,1H3/t21-,22-,23+/m0/s1. The highest BCUT2D eigenvalue weighted by molar-refractivity contribution is 5.66. The van der Waals surface area contributed by atoms with E-state index in [2.05, 4.69) is 53.4 Å². The fraction of sp³-hybridized carbons (Fsp3) is 0.435. The van der Waals surface area contributed by atoms with Crippen LogP contribution < -0.4 is 0 Å². The number of rotatable bonds is 7. The van der Waals surface area contributed by atoms with Gasteiger partial charge in [-0.3, -0.25) is 9.69 Å². The Labute approximate surface area is 161 Å². The van der Waals surface area contributed by atoms with E-state index in [0.29, 0.717) is 0 Å². The molecule has 1 saturated carbocycles. The molecule has 144 valence electrons. The first-order valence-corrected chi connectivity index (χ1v) is 9.77. The van der Waals surface area contributed by atoms with Gasteiger partial charge >= 0.3 is 5.97 Å². The molecule has 0 spiro atoms. The summed E-state index contributed by atoms with van der Waals surface area (Å²) in [7, 11) is 0. The van der Waals surface area contributed by atoms with E-state index in [1.54, 1.807) is 0 Å². The van der Waals surface area contributed by atoms with Gasteiger partial charge < -0.3 is 9.84 Å². The average molecular weight is 367 g/mol. The Kier molecular flexibility index (Phi) is 7.02. The molecule has 2 aromatic rings. The smallest absolute Gasteiger partial charge is 0.302 e. The predicted molar refractivity (Wildman–Crippen MR) is 106 cm³/mol. The van der Waals surface area contributed by atoms with Gasteiger partial charge in [0.05, 0.1) is 6.10 Å². The van der Waals surface area contributed by atoms with Gasteiger partial charge in [0.25, 0.3) is 0 Å². The maximum absolute atomic E-state index is 11.3. The van der Waals surface area contributed by atoms with Crippen LogP contribution >= 0.6 is 0 Å². The summed E-state index contributed by atoms with van der Waals surface area (Å²) in [6.45, 7) is 3.85. The minimum atomic E-state index is -0.600. The van der Waals surface area contributed by atoms with Crippen LogP contribution in [0, 0.1) is 5.92 Å². The molecule has 3 rings (SSSR count). The summed E-state index contributed by atoms with van der Waals surface area (Å²) in [6, 6.07) is 20.8. The first-order chi connectivity index (χ1) is 13.1. The van der Waals surface area contributed by atoms with Gasteiger partial charge in [-0.1, -0.05) is 60.7 Å². The summed E-state index contributed by atoms with van der Waals surface area (Å²) >= 11 is 0. The van der Waals surface area contributed by atoms with E-state index in [9.17, 15) is 9.90 Å². The summed E-state index contributed by atoms with van der Waals surface area (Å²) in [6.07, 6.45) is 1.70. The molecule has 1 aliphatic carbocycles. The van der Waals surface area contributed by atoms with E-state index in [-0.39, 0.29) is 18.0 Å². The molecule has 27 heavy (non-hydrogen) atoms. The molecule has 1 aliphatic rings. The number of hydrogen-bond donors (Lipinski definition) is 1. The van der Waals surface area contributed by atoms with Crippen LogP contribution in [0.2, 0.25) is 0 Å². The first-order valence-electron chi connectivity index (χ1n) is 9.77. The number of hydrogen-bond acceptors (Lipinski definition) is 4. The summed E-state index contributed by atoms with van der Waals surface area (Å²) in [5.74, 6) is -0.208. The lowest BCUT2D eigenvalue weighted by molar-refractivity contribution is -0.158. The number of aliphatic hydroxyl groups is 1. The Balaban J connectivity index is 1.70. The summed E-state index contributed by atoms with van der Waals surface area (Å²) in [5.41, 5.74) is 2.52. The van der Waals surface area contributed by atoms with Gasteiger partial charge in [-0.2, -0.15) is 0 Å². The zero-order chi connectivity index (χ0) is 19.1. The van der Waals surface area contributed by atoms with Crippen LogP contribution in [-0.2, 0) is 22.6 Å². The zero-order valence-corrected chi connectivity index (χ0v) is 16.0. The van der Waals surface area contributed by atoms with Crippen LogP contribution in [0.4, 0.5) is 0 Å². The lowest BCUT2D eigenvalue weighted by Gasteiger charge is -2.37. The third kappa shape index (κ3) is 5.91. The number of benzene rings is 2. The molecule has 0 radical (unpaired) electrons. The monoisotopic (exact) mass is 367 g/mol. The molecular formula is C23H29NO3. The number of ether oxygens (including phenoxy) is 1. The lowest BCUT2D eigenvalue weighted by atomic mass is 9.84. The number of carbonyl (C=O) groups is 1. The van der Waals surface area contributed by atoms with Crippen LogP contribution in [-0.4, -0.2) is 34.7 Å². The second-order valence-corrected chi connectivity index (χ2v) is 7.47. The molecule has 1 fully saturated rings. The molecule has 0 aromatic heterocycles. The molecule has 0 heterocycles. The Morgan fingerprint density at radius 2 is 1.56 bits per heavy atom. The van der Waals surface area contributed by atoms with Crippen LogP contribution in [0.3, 0.4) is 0 Å². The van der Waals surface area contributed by atoms with Crippen molar-refractivity contribution in [1.82, 2.24) is 4.90 Å². The van der Waals surface area contributed by atoms with E-state index in [1.807, 2.05) is 12.1 Å². The van der Waals surface area contributed by atoms with E-state index in [1.165, 1.54) is 18.1 Å². The van der Waals surface area contributed by atoms with Crippen molar-refractivity contribution in [2.24, 2.45) is 5.92 Å². The third-order valence-electron chi connectivity index (χ3n) is 5.24. The molecule has 0 saturated heterocycles. The fourth-order valence-electron chi connectivity index (χ4n) is 3.97. The molecule has 4 nitrogen and oxygen atoms in total. The topological polar surface area (TPSA) is 49.8 Å². The van der Waals surface area contributed by atoms with Crippen molar-refractivity contribution in [1.29, 1.82) is 0 Å². The van der Waals surface area contributed by atoms with Crippen LogP contribution in [0.1, 0.15) is 37.3 Å². The van der Waals surface area contributed by atoms with Gasteiger partial charge in [0, 0.05) is 32.5 Å². The van der Waals surface area contributed by atoms with Crippen molar-refractivity contribution in [3.05, 3.63) is 71.8 Å². The van der Waals surface area contributed by atoms with Crippen molar-refractivity contribution < 1.29 is 14.6 Å². The lowest BCUT2D eigenvalue weighted by Crippen LogP contribution is -2.45. The second kappa shape index (κ2) is 9.67. The Morgan fingerprint density at radius 3 is 2.07 bits per heavy atom. The van der Waals surface area contributed by atoms with E-state index < -0.39 is 6.10 Å². The zero-order valence-electron chi connectivity index (χ0n) is 16.0. The quantitative estimate of drug-likeness (QED) is 0.757. The number of nitrogens with zero attached hydrogens (tertiary/aromatic N) is 1. The fourth-order valence-corrected chi connectivity index (χ4v) is 3.97. The number of esters is 1. The predicted octanol–water partition coefficient (Wildman–Crippen LogP) is 3.78. The largest absolute Gasteiger partial charge is 0.460 e. The molecule has 0 aliphatic heterocycles. The highest BCUT2D eigenvalue weighted by Gasteiger charge is 2.34. The molecule has 1 N–H and O–H groups in total. The minimum Gasteiger partial charge on any atom is -0.460 e. The molecule has 3 atom stereocenters. The van der Waals surface area contributed by atoms with Crippen molar-refractivity contribution >= 4 is 5.97 Å². The number of aliphatic hydroxyl groups excluding tert-OH is 1. The summed E-state index contributed by atoms with van der Waals surface area (Å²) in [4.78, 5) is 13.7. The molecule has 2 aromatic carbocycles. The summed E-state index contributed by atoms with van der Waals surface area (Å²) < 4.78 is 5.34. The van der Waals surface area contributed by atoms with Crippen LogP contribution in [0.25, 0.3) is 0 Å². The molecule has 4 heteroatoms. The Bertz CT molecular complexity index is 663. The van der Waals surface area contributed by atoms with Gasteiger partial charge in [-0.15, -0.1) is 0 Å². The van der Waals surface area contributed by atoms with Crippen molar-refractivity contribution in [3.63, 3.8) is 0 Å². The minimum absolute atomic E-state index is 0.107. The van der Waals surface area contributed by atoms with Gasteiger partial charge in [-0.05, 0) is 30.4 Å². The molecule has 0 unspecified atom stereocenters. The van der Waals surface area contributed by atoms with Crippen molar-refractivity contribution in [2.75, 3.05) is 6.54 Å².